The third-order valence-electron chi connectivity index (χ3n) is 0.167. The first kappa shape index (κ1) is 8.93. The van der Waals surface area contributed by atoms with E-state index in [0.717, 1.165) is 0 Å². The molecule has 0 rings (SSSR count). The summed E-state index contributed by atoms with van der Waals surface area (Å²) < 4.78 is 0. The predicted molar refractivity (Wildman–Crippen MR) is 29.4 cm³/mol. The fraction of sp³-hybridized carbons (Fsp3) is 1.00. The van der Waals surface area contributed by atoms with Crippen LogP contribution in [0, 0.1) is 0 Å². The second-order valence-corrected chi connectivity index (χ2v) is 0.577. The molecule has 0 aliphatic rings. The van der Waals surface area contributed by atoms with E-state index in [1.54, 1.807) is 0 Å². The number of hydrogen-bond acceptors (Lipinski definition) is 2. The van der Waals surface area contributed by atoms with Crippen molar-refractivity contribution in [2.75, 3.05) is 13.1 Å². The van der Waals surface area contributed by atoms with Gasteiger partial charge in [-0.15, -0.1) is 0 Å². The van der Waals surface area contributed by atoms with Crippen molar-refractivity contribution in [3.05, 3.63) is 0 Å². The molecule has 0 radical (unpaired) electrons. The smallest absolute Gasteiger partial charge is 0.00461 e. The van der Waals surface area contributed by atoms with Gasteiger partial charge in [-0.1, -0.05) is 0 Å². The van der Waals surface area contributed by atoms with Crippen LogP contribution < -0.4 is 11.5 Å². The van der Waals surface area contributed by atoms with Crippen LogP contribution in [0.5, 0.6) is 0 Å². The van der Waals surface area contributed by atoms with Crippen LogP contribution in [-0.4, -0.2) is 24.1 Å². The summed E-state index contributed by atoms with van der Waals surface area (Å²) in [6, 6.07) is 0. The summed E-state index contributed by atoms with van der Waals surface area (Å²) in [5.41, 5.74) is 9.81. The van der Waals surface area contributed by atoms with Gasteiger partial charge in [0.05, 0.1) is 0 Å². The lowest BCUT2D eigenvalue weighted by Crippen LogP contribution is -2.11. The molecule has 3 heteroatoms. The van der Waals surface area contributed by atoms with Crippen molar-refractivity contribution < 1.29 is 0 Å². The van der Waals surface area contributed by atoms with Crippen LogP contribution in [0.15, 0.2) is 0 Å². The van der Waals surface area contributed by atoms with Crippen molar-refractivity contribution in [2.24, 2.45) is 11.5 Å². The summed E-state index contributed by atoms with van der Waals surface area (Å²) in [5.74, 6) is 0. The third kappa shape index (κ3) is 14.6. The molecular formula is C2H12N2Si. The highest BCUT2D eigenvalue weighted by atomic mass is 28.1. The maximum atomic E-state index is 4.90. The average Bonchev–Trinajstić information content (AvgIpc) is 1.37. The zero-order valence-electron chi connectivity index (χ0n) is 2.57. The van der Waals surface area contributed by atoms with Gasteiger partial charge in [-0.05, 0) is 11.0 Å². The number of hydrogen-bond donors (Lipinski definition) is 2. The SMILES string of the molecule is NCCN.[SiH4]. The maximum absolute atomic E-state index is 4.90. The Hall–Kier alpha value is 0.137. The molecule has 0 aromatic heterocycles. The Labute approximate surface area is 36.6 Å². The van der Waals surface area contributed by atoms with Crippen molar-refractivity contribution in [3.63, 3.8) is 0 Å². The average molecular weight is 92.2 g/mol. The Morgan fingerprint density at radius 1 is 1.00 bits per heavy atom. The van der Waals surface area contributed by atoms with Crippen LogP contribution in [0.3, 0.4) is 0 Å². The van der Waals surface area contributed by atoms with E-state index in [4.69, 9.17) is 11.5 Å². The Morgan fingerprint density at radius 3 is 1.20 bits per heavy atom. The third-order valence-corrected chi connectivity index (χ3v) is 0.167. The summed E-state index contributed by atoms with van der Waals surface area (Å²) >= 11 is 0. The van der Waals surface area contributed by atoms with E-state index in [2.05, 4.69) is 0 Å². The van der Waals surface area contributed by atoms with Crippen molar-refractivity contribution in [3.8, 4) is 0 Å². The van der Waals surface area contributed by atoms with Gasteiger partial charge in [-0.25, -0.2) is 0 Å². The van der Waals surface area contributed by atoms with Gasteiger partial charge in [0, 0.05) is 13.1 Å². The van der Waals surface area contributed by atoms with E-state index in [-0.39, 0.29) is 11.0 Å². The molecule has 0 spiro atoms. The van der Waals surface area contributed by atoms with E-state index in [1.807, 2.05) is 0 Å². The molecule has 0 aromatic rings. The Balaban J connectivity index is 0. The van der Waals surface area contributed by atoms with Crippen LogP contribution in [0.4, 0.5) is 0 Å². The minimum absolute atomic E-state index is 0. The number of nitrogens with two attached hydrogens (primary N) is 2. The molecule has 0 aliphatic heterocycles. The van der Waals surface area contributed by atoms with Gasteiger partial charge in [0.1, 0.15) is 0 Å². The Kier molecular flexibility index (Phi) is 15.9. The summed E-state index contributed by atoms with van der Waals surface area (Å²) in [6.07, 6.45) is 0. The predicted octanol–water partition coefficient (Wildman–Crippen LogP) is -2.55. The highest BCUT2D eigenvalue weighted by Gasteiger charge is 1.54. The van der Waals surface area contributed by atoms with Crippen LogP contribution in [-0.2, 0) is 0 Å². The van der Waals surface area contributed by atoms with Gasteiger partial charge in [0.15, 0.2) is 0 Å². The molecule has 5 heavy (non-hydrogen) atoms. The first-order valence-corrected chi connectivity index (χ1v) is 1.32. The Bertz CT molecular complexity index is 9.61. The minimum atomic E-state index is 0. The molecule has 0 aromatic carbocycles. The van der Waals surface area contributed by atoms with Crippen LogP contribution in [0.2, 0.25) is 0 Å². The number of rotatable bonds is 1. The Morgan fingerprint density at radius 2 is 1.20 bits per heavy atom. The highest BCUT2D eigenvalue weighted by Crippen LogP contribution is 1.24. The summed E-state index contributed by atoms with van der Waals surface area (Å²) in [7, 11) is 0. The lowest BCUT2D eigenvalue weighted by Gasteiger charge is -1.72. The summed E-state index contributed by atoms with van der Waals surface area (Å²) in [6.45, 7) is 1.19. The normalized spacial score (nSPS) is 6.00. The molecule has 34 valence electrons. The maximum Gasteiger partial charge on any atom is 0.00461 e. The van der Waals surface area contributed by atoms with Gasteiger partial charge in [-0.2, -0.15) is 0 Å². The zero-order valence-corrected chi connectivity index (χ0v) is 2.57. The molecule has 2 nitrogen and oxygen atoms in total. The molecule has 4 N–H and O–H groups in total. The fourth-order valence-electron chi connectivity index (χ4n) is 0. The van der Waals surface area contributed by atoms with Crippen molar-refractivity contribution in [1.82, 2.24) is 0 Å². The van der Waals surface area contributed by atoms with Crippen LogP contribution in [0.25, 0.3) is 0 Å². The minimum Gasteiger partial charge on any atom is -0.329 e. The monoisotopic (exact) mass is 92.1 g/mol. The molecule has 0 bridgehead atoms. The first-order chi connectivity index (χ1) is 1.91. The van der Waals surface area contributed by atoms with Crippen molar-refractivity contribution >= 4 is 11.0 Å². The first-order valence-electron chi connectivity index (χ1n) is 1.32. The second-order valence-electron chi connectivity index (χ2n) is 0.577. The van der Waals surface area contributed by atoms with Gasteiger partial charge in [0.25, 0.3) is 0 Å². The lowest BCUT2D eigenvalue weighted by molar-refractivity contribution is 0.976. The molecule has 0 atom stereocenters. The quantitative estimate of drug-likeness (QED) is 0.350. The molecular weight excluding hydrogens is 80.1 g/mol. The largest absolute Gasteiger partial charge is 0.329 e. The van der Waals surface area contributed by atoms with Gasteiger partial charge in [-0.3, -0.25) is 0 Å². The fourth-order valence-corrected chi connectivity index (χ4v) is 0. The molecule has 0 saturated carbocycles. The van der Waals surface area contributed by atoms with Crippen LogP contribution >= 0.6 is 0 Å². The van der Waals surface area contributed by atoms with Gasteiger partial charge >= 0.3 is 0 Å². The van der Waals surface area contributed by atoms with E-state index >= 15 is 0 Å². The van der Waals surface area contributed by atoms with E-state index in [0.29, 0.717) is 13.1 Å². The second kappa shape index (κ2) is 8.91. The molecule has 0 amide bonds. The van der Waals surface area contributed by atoms with Crippen molar-refractivity contribution in [2.45, 2.75) is 0 Å². The van der Waals surface area contributed by atoms with E-state index in [1.165, 1.54) is 0 Å². The van der Waals surface area contributed by atoms with Gasteiger partial charge < -0.3 is 11.5 Å². The molecule has 0 aliphatic carbocycles. The molecule has 0 saturated heterocycles. The lowest BCUT2D eigenvalue weighted by atomic mass is 10.7. The topological polar surface area (TPSA) is 52.0 Å². The van der Waals surface area contributed by atoms with Crippen molar-refractivity contribution in [1.29, 1.82) is 0 Å². The van der Waals surface area contributed by atoms with E-state index < -0.39 is 0 Å². The zero-order chi connectivity index (χ0) is 3.41. The molecule has 0 fully saturated rings. The molecule has 0 unspecified atom stereocenters. The van der Waals surface area contributed by atoms with Gasteiger partial charge in [0.2, 0.25) is 0 Å². The summed E-state index contributed by atoms with van der Waals surface area (Å²) in [5, 5.41) is 0. The summed E-state index contributed by atoms with van der Waals surface area (Å²) in [4.78, 5) is 0. The highest BCUT2D eigenvalue weighted by molar-refractivity contribution is 5.75. The van der Waals surface area contributed by atoms with E-state index in [9.17, 15) is 0 Å². The standard InChI is InChI=1S/C2H8N2.H4Si/c3-1-2-4;/h1-4H2;1H4. The molecule has 0 heterocycles. The van der Waals surface area contributed by atoms with Crippen LogP contribution in [0.1, 0.15) is 0 Å².